The highest BCUT2D eigenvalue weighted by Crippen LogP contribution is 2.18. The second kappa shape index (κ2) is 6.87. The summed E-state index contributed by atoms with van der Waals surface area (Å²) in [5, 5.41) is 6.61. The lowest BCUT2D eigenvalue weighted by Crippen LogP contribution is -2.05. The molecule has 0 saturated heterocycles. The van der Waals surface area contributed by atoms with E-state index >= 15 is 0 Å². The van der Waals surface area contributed by atoms with Crippen molar-refractivity contribution in [1.82, 2.24) is 15.0 Å². The average molecular weight is 305 g/mol. The van der Waals surface area contributed by atoms with Gasteiger partial charge in [0.1, 0.15) is 17.5 Å². The fraction of sp³-hybridized carbons (Fsp3) is 0.167. The maximum Gasteiger partial charge on any atom is 0.136 e. The number of rotatable bonds is 5. The first kappa shape index (κ1) is 15.0. The Morgan fingerprint density at radius 1 is 0.957 bits per heavy atom. The van der Waals surface area contributed by atoms with Crippen LogP contribution in [0.2, 0.25) is 0 Å². The van der Waals surface area contributed by atoms with E-state index in [0.717, 1.165) is 28.7 Å². The Hall–Kier alpha value is -2.95. The third kappa shape index (κ3) is 4.26. The highest BCUT2D eigenvalue weighted by atomic mass is 15.1. The van der Waals surface area contributed by atoms with Crippen LogP contribution in [0.1, 0.15) is 17.0 Å². The number of aromatic nitrogens is 3. The summed E-state index contributed by atoms with van der Waals surface area (Å²) in [5.74, 6) is 2.28. The van der Waals surface area contributed by atoms with Crippen molar-refractivity contribution in [3.63, 3.8) is 0 Å². The summed E-state index contributed by atoms with van der Waals surface area (Å²) < 4.78 is 0. The van der Waals surface area contributed by atoms with E-state index in [1.54, 1.807) is 6.20 Å². The second-order valence-corrected chi connectivity index (χ2v) is 5.39. The third-order valence-corrected chi connectivity index (χ3v) is 3.36. The molecule has 0 bridgehead atoms. The first-order valence-electron chi connectivity index (χ1n) is 7.51. The van der Waals surface area contributed by atoms with E-state index in [0.29, 0.717) is 6.54 Å². The molecule has 0 fully saturated rings. The van der Waals surface area contributed by atoms with Gasteiger partial charge in [-0.05, 0) is 37.6 Å². The van der Waals surface area contributed by atoms with Crippen LogP contribution in [-0.4, -0.2) is 15.0 Å². The van der Waals surface area contributed by atoms with E-state index in [1.807, 2.05) is 43.5 Å². The SMILES string of the molecule is Cc1ccc(Nc2cc(NCc3cccnc3)nc(C)n2)cc1. The predicted octanol–water partition coefficient (Wildman–Crippen LogP) is 3.84. The van der Waals surface area contributed by atoms with Crippen LogP contribution < -0.4 is 10.6 Å². The van der Waals surface area contributed by atoms with Crippen molar-refractivity contribution in [2.45, 2.75) is 20.4 Å². The van der Waals surface area contributed by atoms with Crippen molar-refractivity contribution < 1.29 is 0 Å². The average Bonchev–Trinajstić information content (AvgIpc) is 2.56. The third-order valence-electron chi connectivity index (χ3n) is 3.36. The van der Waals surface area contributed by atoms with Crippen LogP contribution in [-0.2, 0) is 6.54 Å². The zero-order chi connectivity index (χ0) is 16.1. The van der Waals surface area contributed by atoms with Gasteiger partial charge < -0.3 is 10.6 Å². The number of hydrogen-bond acceptors (Lipinski definition) is 5. The summed E-state index contributed by atoms with van der Waals surface area (Å²) in [4.78, 5) is 13.0. The molecular weight excluding hydrogens is 286 g/mol. The topological polar surface area (TPSA) is 62.7 Å². The standard InChI is InChI=1S/C18H19N5/c1-13-5-7-16(8-6-13)23-18-10-17(21-14(2)22-18)20-12-15-4-3-9-19-11-15/h3-11H,12H2,1-2H3,(H2,20,21,22,23). The van der Waals surface area contributed by atoms with Gasteiger partial charge in [0.25, 0.3) is 0 Å². The summed E-state index contributed by atoms with van der Waals surface area (Å²) in [6.07, 6.45) is 3.61. The quantitative estimate of drug-likeness (QED) is 0.750. The Bertz CT molecular complexity index is 769. The first-order valence-corrected chi connectivity index (χ1v) is 7.51. The normalized spacial score (nSPS) is 10.3. The van der Waals surface area contributed by atoms with E-state index in [4.69, 9.17) is 0 Å². The molecule has 116 valence electrons. The monoisotopic (exact) mass is 305 g/mol. The molecule has 0 aliphatic rings. The van der Waals surface area contributed by atoms with Crippen LogP contribution in [0.5, 0.6) is 0 Å². The number of aryl methyl sites for hydroxylation is 2. The Morgan fingerprint density at radius 2 is 1.74 bits per heavy atom. The van der Waals surface area contributed by atoms with E-state index in [1.165, 1.54) is 5.56 Å². The van der Waals surface area contributed by atoms with Crippen LogP contribution >= 0.6 is 0 Å². The zero-order valence-electron chi connectivity index (χ0n) is 13.2. The lowest BCUT2D eigenvalue weighted by molar-refractivity contribution is 1.02. The molecule has 2 N–H and O–H groups in total. The molecule has 0 unspecified atom stereocenters. The van der Waals surface area contributed by atoms with Gasteiger partial charge in [0.05, 0.1) is 0 Å². The van der Waals surface area contributed by atoms with Gasteiger partial charge in [-0.2, -0.15) is 0 Å². The molecule has 0 radical (unpaired) electrons. The minimum absolute atomic E-state index is 0.675. The van der Waals surface area contributed by atoms with Crippen molar-refractivity contribution in [2.24, 2.45) is 0 Å². The lowest BCUT2D eigenvalue weighted by atomic mass is 10.2. The van der Waals surface area contributed by atoms with Gasteiger partial charge in [-0.1, -0.05) is 23.8 Å². The molecule has 3 rings (SSSR count). The van der Waals surface area contributed by atoms with E-state index < -0.39 is 0 Å². The van der Waals surface area contributed by atoms with Crippen molar-refractivity contribution >= 4 is 17.3 Å². The van der Waals surface area contributed by atoms with E-state index in [-0.39, 0.29) is 0 Å². The van der Waals surface area contributed by atoms with Crippen LogP contribution in [0, 0.1) is 13.8 Å². The molecule has 5 heteroatoms. The number of anilines is 3. The van der Waals surface area contributed by atoms with Crippen LogP contribution in [0.3, 0.4) is 0 Å². The Kier molecular flexibility index (Phi) is 4.47. The molecule has 0 spiro atoms. The Labute approximate surface area is 135 Å². The first-order chi connectivity index (χ1) is 11.2. The molecular formula is C18H19N5. The van der Waals surface area contributed by atoms with Gasteiger partial charge in [-0.25, -0.2) is 9.97 Å². The summed E-state index contributed by atoms with van der Waals surface area (Å²) in [6.45, 7) is 4.63. The van der Waals surface area contributed by atoms with Gasteiger partial charge in [0.2, 0.25) is 0 Å². The molecule has 2 aromatic heterocycles. The number of nitrogens with zero attached hydrogens (tertiary/aromatic N) is 3. The number of benzene rings is 1. The smallest absolute Gasteiger partial charge is 0.136 e. The zero-order valence-corrected chi connectivity index (χ0v) is 13.2. The predicted molar refractivity (Wildman–Crippen MR) is 92.8 cm³/mol. The summed E-state index contributed by atoms with van der Waals surface area (Å²) in [7, 11) is 0. The molecule has 0 aliphatic carbocycles. The van der Waals surface area contributed by atoms with Gasteiger partial charge in [0.15, 0.2) is 0 Å². The number of hydrogen-bond donors (Lipinski definition) is 2. The molecule has 5 nitrogen and oxygen atoms in total. The van der Waals surface area contributed by atoms with E-state index in [2.05, 4.69) is 44.6 Å². The fourth-order valence-corrected chi connectivity index (χ4v) is 2.20. The van der Waals surface area contributed by atoms with Gasteiger partial charge in [-0.3, -0.25) is 4.98 Å². The van der Waals surface area contributed by atoms with Crippen LogP contribution in [0.25, 0.3) is 0 Å². The molecule has 0 aliphatic heterocycles. The Balaban J connectivity index is 1.72. The molecule has 2 heterocycles. The largest absolute Gasteiger partial charge is 0.366 e. The molecule has 3 aromatic rings. The number of nitrogens with one attached hydrogen (secondary N) is 2. The second-order valence-electron chi connectivity index (χ2n) is 5.39. The Morgan fingerprint density at radius 3 is 2.48 bits per heavy atom. The summed E-state index contributed by atoms with van der Waals surface area (Å²) in [5.41, 5.74) is 3.34. The van der Waals surface area contributed by atoms with Gasteiger partial charge >= 0.3 is 0 Å². The fourth-order valence-electron chi connectivity index (χ4n) is 2.20. The van der Waals surface area contributed by atoms with Crippen molar-refractivity contribution in [2.75, 3.05) is 10.6 Å². The minimum atomic E-state index is 0.675. The lowest BCUT2D eigenvalue weighted by Gasteiger charge is -2.10. The molecule has 0 amide bonds. The highest BCUT2D eigenvalue weighted by Gasteiger charge is 2.03. The maximum atomic E-state index is 4.43. The van der Waals surface area contributed by atoms with Crippen LogP contribution in [0.4, 0.5) is 17.3 Å². The number of pyridine rings is 1. The molecule has 1 aromatic carbocycles. The van der Waals surface area contributed by atoms with Crippen molar-refractivity contribution in [1.29, 1.82) is 0 Å². The van der Waals surface area contributed by atoms with Gasteiger partial charge in [-0.15, -0.1) is 0 Å². The molecule has 0 saturated carbocycles. The summed E-state index contributed by atoms with van der Waals surface area (Å²) in [6, 6.07) is 14.1. The van der Waals surface area contributed by atoms with Crippen LogP contribution in [0.15, 0.2) is 54.9 Å². The summed E-state index contributed by atoms with van der Waals surface area (Å²) >= 11 is 0. The highest BCUT2D eigenvalue weighted by molar-refractivity contribution is 5.59. The molecule has 23 heavy (non-hydrogen) atoms. The maximum absolute atomic E-state index is 4.43. The van der Waals surface area contributed by atoms with Gasteiger partial charge in [0, 0.05) is 30.7 Å². The minimum Gasteiger partial charge on any atom is -0.366 e. The van der Waals surface area contributed by atoms with Crippen molar-refractivity contribution in [3.05, 3.63) is 71.8 Å². The molecule has 0 atom stereocenters. The van der Waals surface area contributed by atoms with E-state index in [9.17, 15) is 0 Å². The van der Waals surface area contributed by atoms with Crippen molar-refractivity contribution in [3.8, 4) is 0 Å².